The maximum absolute atomic E-state index is 11.7. The molecular formula is C9H14N4O4S. The lowest BCUT2D eigenvalue weighted by atomic mass is 10.4. The van der Waals surface area contributed by atoms with E-state index in [4.69, 9.17) is 11.5 Å². The molecule has 0 fully saturated rings. The molecule has 0 spiro atoms. The average Bonchev–Trinajstić information content (AvgIpc) is 2.34. The number of carbonyl (C=O) groups is 1. The third kappa shape index (κ3) is 4.28. The van der Waals surface area contributed by atoms with Crippen molar-refractivity contribution >= 4 is 16.1 Å². The molecule has 1 aromatic rings. The number of rotatable bonds is 6. The van der Waals surface area contributed by atoms with Gasteiger partial charge in [-0.05, 0) is 12.1 Å². The molecule has 0 radical (unpaired) electrons. The van der Waals surface area contributed by atoms with Crippen molar-refractivity contribution in [2.24, 2.45) is 11.5 Å². The lowest BCUT2D eigenvalue weighted by Gasteiger charge is -2.06. The summed E-state index contributed by atoms with van der Waals surface area (Å²) in [5.41, 5.74) is 10.7. The molecule has 1 heterocycles. The highest BCUT2D eigenvalue weighted by atomic mass is 32.2. The molecule has 9 heteroatoms. The second-order valence-corrected chi connectivity index (χ2v) is 5.02. The Kier molecular flexibility index (Phi) is 5.01. The minimum Gasteiger partial charge on any atom is -0.448 e. The number of nitrogens with two attached hydrogens (primary N) is 2. The maximum Gasteiger partial charge on any atom is 0.404 e. The summed E-state index contributed by atoms with van der Waals surface area (Å²) in [5, 5.41) is 0. The number of ether oxygens (including phenoxy) is 1. The van der Waals surface area contributed by atoms with Crippen LogP contribution in [0.5, 0.6) is 0 Å². The Labute approximate surface area is 104 Å². The highest BCUT2D eigenvalue weighted by Gasteiger charge is 2.13. The minimum absolute atomic E-state index is 0.0128. The molecule has 100 valence electrons. The molecule has 8 nitrogen and oxygen atoms in total. The molecule has 18 heavy (non-hydrogen) atoms. The third-order valence-electron chi connectivity index (χ3n) is 1.96. The van der Waals surface area contributed by atoms with Crippen molar-refractivity contribution in [3.05, 3.63) is 24.0 Å². The van der Waals surface area contributed by atoms with Gasteiger partial charge in [-0.1, -0.05) is 0 Å². The monoisotopic (exact) mass is 274 g/mol. The zero-order chi connectivity index (χ0) is 13.6. The second kappa shape index (κ2) is 6.28. The van der Waals surface area contributed by atoms with Gasteiger partial charge in [0.05, 0.1) is 5.69 Å². The SMILES string of the molecule is NCc1ccc(S(=O)(=O)NCCOC(N)=O)cn1. The molecule has 0 aliphatic heterocycles. The molecule has 0 aliphatic carbocycles. The fraction of sp³-hybridized carbons (Fsp3) is 0.333. The van der Waals surface area contributed by atoms with Crippen LogP contribution in [0.4, 0.5) is 4.79 Å². The smallest absolute Gasteiger partial charge is 0.404 e. The molecule has 0 aliphatic rings. The van der Waals surface area contributed by atoms with Crippen molar-refractivity contribution in [2.45, 2.75) is 11.4 Å². The third-order valence-corrected chi connectivity index (χ3v) is 3.40. The number of carbonyl (C=O) groups excluding carboxylic acids is 1. The lowest BCUT2D eigenvalue weighted by Crippen LogP contribution is -2.29. The van der Waals surface area contributed by atoms with E-state index in [1.165, 1.54) is 18.3 Å². The fourth-order valence-corrected chi connectivity index (χ4v) is 2.06. The van der Waals surface area contributed by atoms with Gasteiger partial charge in [0.25, 0.3) is 0 Å². The molecule has 1 amide bonds. The Morgan fingerprint density at radius 1 is 1.44 bits per heavy atom. The van der Waals surface area contributed by atoms with Crippen LogP contribution >= 0.6 is 0 Å². The zero-order valence-corrected chi connectivity index (χ0v) is 10.3. The summed E-state index contributed by atoms with van der Waals surface area (Å²) in [6, 6.07) is 2.92. The first-order chi connectivity index (χ1) is 8.45. The first-order valence-corrected chi connectivity index (χ1v) is 6.51. The molecule has 0 unspecified atom stereocenters. The van der Waals surface area contributed by atoms with Gasteiger partial charge in [0, 0.05) is 19.3 Å². The van der Waals surface area contributed by atoms with E-state index >= 15 is 0 Å². The van der Waals surface area contributed by atoms with Crippen LogP contribution in [0.15, 0.2) is 23.2 Å². The molecule has 0 atom stereocenters. The number of pyridine rings is 1. The molecular weight excluding hydrogens is 260 g/mol. The second-order valence-electron chi connectivity index (χ2n) is 3.25. The summed E-state index contributed by atoms with van der Waals surface area (Å²) in [6.07, 6.45) is 0.252. The average molecular weight is 274 g/mol. The number of primary amides is 1. The van der Waals surface area contributed by atoms with Crippen molar-refractivity contribution in [3.63, 3.8) is 0 Å². The van der Waals surface area contributed by atoms with Crippen molar-refractivity contribution < 1.29 is 17.9 Å². The van der Waals surface area contributed by atoms with E-state index in [-0.39, 0.29) is 24.6 Å². The van der Waals surface area contributed by atoms with Crippen LogP contribution in [-0.2, 0) is 21.3 Å². The van der Waals surface area contributed by atoms with Crippen molar-refractivity contribution in [3.8, 4) is 0 Å². The van der Waals surface area contributed by atoms with E-state index in [9.17, 15) is 13.2 Å². The van der Waals surface area contributed by atoms with Crippen molar-refractivity contribution in [2.75, 3.05) is 13.2 Å². The first kappa shape index (κ1) is 14.4. The molecule has 5 N–H and O–H groups in total. The number of nitrogens with one attached hydrogen (secondary N) is 1. The van der Waals surface area contributed by atoms with Crippen LogP contribution in [0.2, 0.25) is 0 Å². The summed E-state index contributed by atoms with van der Waals surface area (Å²) in [5.74, 6) is 0. The van der Waals surface area contributed by atoms with Gasteiger partial charge in [-0.2, -0.15) is 0 Å². The van der Waals surface area contributed by atoms with Crippen LogP contribution in [0.1, 0.15) is 5.69 Å². The number of nitrogens with zero attached hydrogens (tertiary/aromatic N) is 1. The van der Waals surface area contributed by atoms with Crippen LogP contribution in [-0.4, -0.2) is 32.6 Å². The van der Waals surface area contributed by atoms with Gasteiger partial charge in [0.2, 0.25) is 10.0 Å². The minimum atomic E-state index is -3.67. The van der Waals surface area contributed by atoms with E-state index in [0.29, 0.717) is 5.69 Å². The largest absolute Gasteiger partial charge is 0.448 e. The van der Waals surface area contributed by atoms with E-state index in [1.807, 2.05) is 0 Å². The van der Waals surface area contributed by atoms with Crippen LogP contribution in [0.3, 0.4) is 0 Å². The summed E-state index contributed by atoms with van der Waals surface area (Å²) in [6.45, 7) is 0.0347. The predicted molar refractivity (Wildman–Crippen MR) is 62.9 cm³/mol. The Morgan fingerprint density at radius 3 is 2.67 bits per heavy atom. The predicted octanol–water partition coefficient (Wildman–Crippen LogP) is -1.09. The normalized spacial score (nSPS) is 11.2. The highest BCUT2D eigenvalue weighted by Crippen LogP contribution is 2.07. The fourth-order valence-electron chi connectivity index (χ4n) is 1.10. The topological polar surface area (TPSA) is 137 Å². The van der Waals surface area contributed by atoms with Gasteiger partial charge in [0.15, 0.2) is 0 Å². The van der Waals surface area contributed by atoms with Gasteiger partial charge in [-0.15, -0.1) is 0 Å². The van der Waals surface area contributed by atoms with Gasteiger partial charge in [-0.3, -0.25) is 4.98 Å². The zero-order valence-electron chi connectivity index (χ0n) is 9.50. The number of sulfonamides is 1. The number of hydrogen-bond acceptors (Lipinski definition) is 6. The Morgan fingerprint density at radius 2 is 2.17 bits per heavy atom. The van der Waals surface area contributed by atoms with E-state index in [1.54, 1.807) is 0 Å². The van der Waals surface area contributed by atoms with Gasteiger partial charge in [-0.25, -0.2) is 17.9 Å². The summed E-state index contributed by atoms with van der Waals surface area (Å²) < 4.78 is 30.1. The molecule has 0 bridgehead atoms. The lowest BCUT2D eigenvalue weighted by molar-refractivity contribution is 0.159. The van der Waals surface area contributed by atoms with Crippen LogP contribution in [0.25, 0.3) is 0 Å². The standard InChI is InChI=1S/C9H14N4O4S/c10-5-7-1-2-8(6-12-7)18(15,16)13-3-4-17-9(11)14/h1-2,6,13H,3-5,10H2,(H2,11,14). The van der Waals surface area contributed by atoms with E-state index < -0.39 is 16.1 Å². The quantitative estimate of drug-likeness (QED) is 0.564. The van der Waals surface area contributed by atoms with Gasteiger partial charge in [0.1, 0.15) is 11.5 Å². The maximum atomic E-state index is 11.7. The highest BCUT2D eigenvalue weighted by molar-refractivity contribution is 7.89. The Hall–Kier alpha value is -1.71. The van der Waals surface area contributed by atoms with Crippen molar-refractivity contribution in [1.82, 2.24) is 9.71 Å². The first-order valence-electron chi connectivity index (χ1n) is 5.02. The molecule has 0 aromatic carbocycles. The summed E-state index contributed by atoms with van der Waals surface area (Å²) in [7, 11) is -3.67. The number of amides is 1. The molecule has 0 saturated heterocycles. The summed E-state index contributed by atoms with van der Waals surface area (Å²) >= 11 is 0. The van der Waals surface area contributed by atoms with Crippen LogP contribution < -0.4 is 16.2 Å². The molecule has 1 rings (SSSR count). The Bertz CT molecular complexity index is 500. The van der Waals surface area contributed by atoms with Gasteiger partial charge < -0.3 is 16.2 Å². The van der Waals surface area contributed by atoms with E-state index in [2.05, 4.69) is 14.4 Å². The molecule has 0 saturated carbocycles. The van der Waals surface area contributed by atoms with E-state index in [0.717, 1.165) is 0 Å². The number of aromatic nitrogens is 1. The van der Waals surface area contributed by atoms with Gasteiger partial charge >= 0.3 is 6.09 Å². The number of hydrogen-bond donors (Lipinski definition) is 3. The summed E-state index contributed by atoms with van der Waals surface area (Å²) in [4.78, 5) is 14.1. The Balaban J connectivity index is 2.59. The van der Waals surface area contributed by atoms with Crippen LogP contribution in [0, 0.1) is 0 Å². The molecule has 1 aromatic heterocycles. The van der Waals surface area contributed by atoms with Crippen molar-refractivity contribution in [1.29, 1.82) is 0 Å².